The van der Waals surface area contributed by atoms with Crippen LogP contribution in [0.25, 0.3) is 0 Å². The minimum absolute atomic E-state index is 0.0621. The Bertz CT molecular complexity index is 858. The highest BCUT2D eigenvalue weighted by Crippen LogP contribution is 2.27. The van der Waals surface area contributed by atoms with Crippen LogP contribution >= 0.6 is 0 Å². The number of nitrogens with zero attached hydrogens (tertiary/aromatic N) is 4. The van der Waals surface area contributed by atoms with Crippen LogP contribution in [-0.2, 0) is 11.3 Å². The van der Waals surface area contributed by atoms with E-state index in [0.29, 0.717) is 25.1 Å². The molecule has 1 atom stereocenters. The highest BCUT2D eigenvalue weighted by molar-refractivity contribution is 5.46. The van der Waals surface area contributed by atoms with E-state index >= 15 is 0 Å². The Hall–Kier alpha value is -2.38. The van der Waals surface area contributed by atoms with Crippen LogP contribution in [0.15, 0.2) is 35.1 Å². The van der Waals surface area contributed by atoms with Gasteiger partial charge in [0, 0.05) is 57.9 Å². The fourth-order valence-corrected chi connectivity index (χ4v) is 4.20. The lowest BCUT2D eigenvalue weighted by Gasteiger charge is -2.33. The van der Waals surface area contributed by atoms with Gasteiger partial charge < -0.3 is 14.5 Å². The van der Waals surface area contributed by atoms with Crippen LogP contribution < -0.4 is 15.4 Å². The smallest absolute Gasteiger partial charge is 0.252 e. The molecule has 2 aromatic rings. The summed E-state index contributed by atoms with van der Waals surface area (Å²) < 4.78 is 5.42. The van der Waals surface area contributed by atoms with Crippen molar-refractivity contribution >= 4 is 11.6 Å². The van der Waals surface area contributed by atoms with E-state index in [1.165, 1.54) is 11.3 Å². The number of aromatic nitrogens is 2. The molecule has 0 radical (unpaired) electrons. The first-order valence-electron chi connectivity index (χ1n) is 10.5. The molecule has 1 aromatic carbocycles. The van der Waals surface area contributed by atoms with Crippen LogP contribution in [0.2, 0.25) is 0 Å². The quantitative estimate of drug-likeness (QED) is 0.833. The van der Waals surface area contributed by atoms with Crippen molar-refractivity contribution in [1.29, 1.82) is 0 Å². The lowest BCUT2D eigenvalue weighted by atomic mass is 9.94. The summed E-state index contributed by atoms with van der Waals surface area (Å²) in [5, 5.41) is 0. The lowest BCUT2D eigenvalue weighted by molar-refractivity contribution is 0.122. The largest absolute Gasteiger partial charge is 0.378 e. The van der Waals surface area contributed by atoms with Gasteiger partial charge in [0.25, 0.3) is 5.56 Å². The van der Waals surface area contributed by atoms with Crippen molar-refractivity contribution < 1.29 is 4.74 Å². The second kappa shape index (κ2) is 8.97. The molecular weight excluding hydrogens is 366 g/mol. The fraction of sp³-hybridized carbons (Fsp3) is 0.545. The van der Waals surface area contributed by atoms with Crippen LogP contribution in [0, 0.1) is 0 Å². The van der Waals surface area contributed by atoms with Crippen molar-refractivity contribution in [1.82, 2.24) is 14.9 Å². The van der Waals surface area contributed by atoms with E-state index in [9.17, 15) is 4.79 Å². The summed E-state index contributed by atoms with van der Waals surface area (Å²) in [5.41, 5.74) is 3.40. The van der Waals surface area contributed by atoms with Crippen LogP contribution in [-0.4, -0.2) is 68.4 Å². The molecule has 2 fully saturated rings. The zero-order chi connectivity index (χ0) is 20.2. The molecule has 1 N–H and O–H groups in total. The van der Waals surface area contributed by atoms with E-state index in [1.54, 1.807) is 6.07 Å². The highest BCUT2D eigenvalue weighted by atomic mass is 16.5. The molecule has 0 amide bonds. The third-order valence-corrected chi connectivity index (χ3v) is 5.84. The van der Waals surface area contributed by atoms with Crippen molar-refractivity contribution in [3.05, 3.63) is 51.9 Å². The Morgan fingerprint density at radius 2 is 1.93 bits per heavy atom. The van der Waals surface area contributed by atoms with Crippen molar-refractivity contribution in [3.63, 3.8) is 0 Å². The Labute approximate surface area is 172 Å². The number of rotatable bonds is 5. The third kappa shape index (κ3) is 4.97. The molecule has 4 rings (SSSR count). The topological polar surface area (TPSA) is 64.7 Å². The number of ether oxygens (including phenoxy) is 1. The van der Waals surface area contributed by atoms with Gasteiger partial charge in [-0.25, -0.2) is 4.98 Å². The molecule has 0 aliphatic carbocycles. The first-order valence-corrected chi connectivity index (χ1v) is 10.5. The molecule has 0 spiro atoms. The van der Waals surface area contributed by atoms with Crippen LogP contribution in [0.5, 0.6) is 0 Å². The number of morpholine rings is 1. The van der Waals surface area contributed by atoms with E-state index < -0.39 is 0 Å². The zero-order valence-electron chi connectivity index (χ0n) is 17.4. The van der Waals surface area contributed by atoms with E-state index in [0.717, 1.165) is 51.3 Å². The summed E-state index contributed by atoms with van der Waals surface area (Å²) in [4.78, 5) is 26.7. The predicted molar refractivity (Wildman–Crippen MR) is 116 cm³/mol. The SMILES string of the molecule is CN(C)c1ccc(CN2CCC[C@@H](c3cc(=O)[nH]c(N4CCOCC4)n3)C2)cc1. The summed E-state index contributed by atoms with van der Waals surface area (Å²) in [7, 11) is 4.12. The van der Waals surface area contributed by atoms with Crippen molar-refractivity contribution in [2.24, 2.45) is 0 Å². The van der Waals surface area contributed by atoms with Gasteiger partial charge in [-0.3, -0.25) is 14.7 Å². The second-order valence-electron chi connectivity index (χ2n) is 8.23. The summed E-state index contributed by atoms with van der Waals surface area (Å²) in [6, 6.07) is 10.4. The van der Waals surface area contributed by atoms with Crippen molar-refractivity contribution in [3.8, 4) is 0 Å². The van der Waals surface area contributed by atoms with E-state index in [2.05, 4.69) is 58.0 Å². The molecule has 2 aliphatic rings. The van der Waals surface area contributed by atoms with Crippen molar-refractivity contribution in [2.75, 3.05) is 63.3 Å². The van der Waals surface area contributed by atoms with Gasteiger partial charge in [-0.2, -0.15) is 0 Å². The number of hydrogen-bond donors (Lipinski definition) is 1. The number of benzene rings is 1. The molecule has 2 aliphatic heterocycles. The zero-order valence-corrected chi connectivity index (χ0v) is 17.4. The number of likely N-dealkylation sites (tertiary alicyclic amines) is 1. The minimum Gasteiger partial charge on any atom is -0.378 e. The fourth-order valence-electron chi connectivity index (χ4n) is 4.20. The van der Waals surface area contributed by atoms with Crippen molar-refractivity contribution in [2.45, 2.75) is 25.3 Å². The number of H-pyrrole nitrogens is 1. The summed E-state index contributed by atoms with van der Waals surface area (Å²) >= 11 is 0. The van der Waals surface area contributed by atoms with Gasteiger partial charge in [-0.05, 0) is 37.1 Å². The van der Waals surface area contributed by atoms with E-state index in [1.807, 2.05) is 0 Å². The number of anilines is 2. The normalized spacial score (nSPS) is 20.6. The molecule has 2 saturated heterocycles. The monoisotopic (exact) mass is 397 g/mol. The summed E-state index contributed by atoms with van der Waals surface area (Å²) in [6.45, 7) is 5.86. The molecule has 1 aromatic heterocycles. The van der Waals surface area contributed by atoms with E-state index in [-0.39, 0.29) is 5.56 Å². The van der Waals surface area contributed by atoms with Gasteiger partial charge in [0.2, 0.25) is 5.95 Å². The Morgan fingerprint density at radius 3 is 2.66 bits per heavy atom. The van der Waals surface area contributed by atoms with Gasteiger partial charge in [0.15, 0.2) is 0 Å². The molecule has 7 heteroatoms. The molecule has 0 unspecified atom stereocenters. The van der Waals surface area contributed by atoms with Crippen LogP contribution in [0.4, 0.5) is 11.6 Å². The Kier molecular flexibility index (Phi) is 6.16. The average Bonchev–Trinajstić information content (AvgIpc) is 2.74. The molecule has 156 valence electrons. The highest BCUT2D eigenvalue weighted by Gasteiger charge is 2.24. The number of aromatic amines is 1. The molecular formula is C22H31N5O2. The van der Waals surface area contributed by atoms with E-state index in [4.69, 9.17) is 9.72 Å². The average molecular weight is 398 g/mol. The Morgan fingerprint density at radius 1 is 1.17 bits per heavy atom. The first kappa shape index (κ1) is 19.9. The standard InChI is InChI=1S/C22H31N5O2/c1-25(2)19-7-5-17(6-8-19)15-26-9-3-4-18(16-26)20-14-21(28)24-22(23-20)27-10-12-29-13-11-27/h5-8,14,18H,3-4,9-13,15-16H2,1-2H3,(H,23,24,28)/t18-/m1/s1. The van der Waals surface area contributed by atoms with Crippen LogP contribution in [0.3, 0.4) is 0 Å². The number of nitrogens with one attached hydrogen (secondary N) is 1. The van der Waals surface area contributed by atoms with Gasteiger partial charge in [0.1, 0.15) is 0 Å². The maximum Gasteiger partial charge on any atom is 0.252 e. The summed E-state index contributed by atoms with van der Waals surface area (Å²) in [6.07, 6.45) is 2.21. The third-order valence-electron chi connectivity index (χ3n) is 5.84. The first-order chi connectivity index (χ1) is 14.1. The maximum atomic E-state index is 12.3. The van der Waals surface area contributed by atoms with Gasteiger partial charge in [0.05, 0.1) is 18.9 Å². The Balaban J connectivity index is 1.45. The minimum atomic E-state index is -0.0621. The maximum absolute atomic E-state index is 12.3. The van der Waals surface area contributed by atoms with Gasteiger partial charge >= 0.3 is 0 Å². The summed E-state index contributed by atoms with van der Waals surface area (Å²) in [5.74, 6) is 0.985. The molecule has 7 nitrogen and oxygen atoms in total. The number of hydrogen-bond acceptors (Lipinski definition) is 6. The lowest BCUT2D eigenvalue weighted by Crippen LogP contribution is -2.39. The second-order valence-corrected chi connectivity index (χ2v) is 8.23. The predicted octanol–water partition coefficient (Wildman–Crippen LogP) is 2.05. The molecule has 0 saturated carbocycles. The molecule has 29 heavy (non-hydrogen) atoms. The van der Waals surface area contributed by atoms with Crippen LogP contribution in [0.1, 0.15) is 30.0 Å². The van der Waals surface area contributed by atoms with Gasteiger partial charge in [-0.15, -0.1) is 0 Å². The van der Waals surface area contributed by atoms with Gasteiger partial charge in [-0.1, -0.05) is 12.1 Å². The molecule has 3 heterocycles. The molecule has 0 bridgehead atoms. The number of piperidine rings is 1.